The zero-order valence-corrected chi connectivity index (χ0v) is 10.2. The van der Waals surface area contributed by atoms with Crippen LogP contribution in [-0.2, 0) is 21.9 Å². The topological polar surface area (TPSA) is 94.8 Å². The summed E-state index contributed by atoms with van der Waals surface area (Å²) in [7, 11) is 0. The molecular weight excluding hydrogens is 260 g/mol. The molecule has 18 heavy (non-hydrogen) atoms. The van der Waals surface area contributed by atoms with Crippen molar-refractivity contribution in [3.05, 3.63) is 34.9 Å². The molecule has 0 bridgehead atoms. The van der Waals surface area contributed by atoms with E-state index in [9.17, 15) is 14.7 Å². The fourth-order valence-corrected chi connectivity index (χ4v) is 1.81. The molecule has 1 rings (SSSR count). The largest absolute Gasteiger partial charge is 0.481 e. The third kappa shape index (κ3) is 3.72. The summed E-state index contributed by atoms with van der Waals surface area (Å²) in [6.07, 6.45) is -1.29. The molecular formula is C12H13ClO5. The number of aliphatic hydroxyl groups is 1. The summed E-state index contributed by atoms with van der Waals surface area (Å²) in [5, 5.41) is 26.8. The van der Waals surface area contributed by atoms with Crippen LogP contribution in [0.4, 0.5) is 0 Å². The lowest BCUT2D eigenvalue weighted by Crippen LogP contribution is -2.12. The lowest BCUT2D eigenvalue weighted by atomic mass is 9.98. The van der Waals surface area contributed by atoms with Crippen LogP contribution in [0.1, 0.15) is 29.2 Å². The number of alkyl halides is 1. The van der Waals surface area contributed by atoms with E-state index in [4.69, 9.17) is 21.8 Å². The number of carbonyl (C=O) groups is 2. The zero-order valence-electron chi connectivity index (χ0n) is 9.47. The average molecular weight is 273 g/mol. The maximum absolute atomic E-state index is 10.7. The smallest absolute Gasteiger partial charge is 0.337 e. The molecule has 0 radical (unpaired) electrons. The van der Waals surface area contributed by atoms with Crippen LogP contribution in [0.3, 0.4) is 0 Å². The van der Waals surface area contributed by atoms with Crippen molar-refractivity contribution in [1.82, 2.24) is 0 Å². The van der Waals surface area contributed by atoms with Gasteiger partial charge in [-0.3, -0.25) is 4.79 Å². The van der Waals surface area contributed by atoms with Crippen molar-refractivity contribution in [3.63, 3.8) is 0 Å². The zero-order chi connectivity index (χ0) is 13.7. The van der Waals surface area contributed by atoms with Crippen molar-refractivity contribution in [2.45, 2.75) is 24.8 Å². The number of aliphatic carboxylic acids is 2. The summed E-state index contributed by atoms with van der Waals surface area (Å²) in [6.45, 7) is 0. The van der Waals surface area contributed by atoms with E-state index in [1.54, 1.807) is 12.1 Å². The molecule has 1 atom stereocenters. The number of halogens is 1. The molecule has 0 aliphatic rings. The fraction of sp³-hybridized carbons (Fsp3) is 0.333. The van der Waals surface area contributed by atoms with Gasteiger partial charge in [0.1, 0.15) is 0 Å². The Labute approximate surface area is 109 Å². The van der Waals surface area contributed by atoms with E-state index in [0.29, 0.717) is 12.0 Å². The van der Waals surface area contributed by atoms with E-state index in [2.05, 4.69) is 0 Å². The standard InChI is InChI=1S/C12H13ClO5/c13-6-8-5-7(2-4-10(14)15)1-3-9(8)11(16)12(17)18/h1,3,5,11,16H,2,4,6H2,(H,14,15)(H,17,18). The minimum atomic E-state index is -1.62. The van der Waals surface area contributed by atoms with E-state index in [1.807, 2.05) is 0 Å². The summed E-state index contributed by atoms with van der Waals surface area (Å²) in [5.41, 5.74) is 1.47. The van der Waals surface area contributed by atoms with Crippen LogP contribution in [0.15, 0.2) is 18.2 Å². The van der Waals surface area contributed by atoms with Crippen molar-refractivity contribution >= 4 is 23.5 Å². The second-order valence-electron chi connectivity index (χ2n) is 3.80. The SMILES string of the molecule is O=C(O)CCc1ccc(C(O)C(=O)O)c(CCl)c1. The molecule has 98 valence electrons. The maximum Gasteiger partial charge on any atom is 0.337 e. The Morgan fingerprint density at radius 3 is 2.44 bits per heavy atom. The summed E-state index contributed by atoms with van der Waals surface area (Å²) >= 11 is 5.70. The number of carboxylic acid groups (broad SMARTS) is 2. The molecule has 6 heteroatoms. The van der Waals surface area contributed by atoms with Gasteiger partial charge in [-0.2, -0.15) is 0 Å². The number of hydrogen-bond donors (Lipinski definition) is 3. The molecule has 0 saturated carbocycles. The molecule has 0 heterocycles. The summed E-state index contributed by atoms with van der Waals surface area (Å²) in [5.74, 6) is -2.20. The first kappa shape index (κ1) is 14.5. The number of benzene rings is 1. The molecule has 0 aliphatic heterocycles. The molecule has 0 aliphatic carbocycles. The van der Waals surface area contributed by atoms with Crippen LogP contribution < -0.4 is 0 Å². The van der Waals surface area contributed by atoms with Gasteiger partial charge in [0, 0.05) is 12.3 Å². The Hall–Kier alpha value is -1.59. The molecule has 0 saturated heterocycles. The Morgan fingerprint density at radius 1 is 1.28 bits per heavy atom. The Morgan fingerprint density at radius 2 is 1.94 bits per heavy atom. The minimum absolute atomic E-state index is 0.0114. The van der Waals surface area contributed by atoms with Crippen LogP contribution in [0.2, 0.25) is 0 Å². The van der Waals surface area contributed by atoms with Crippen molar-refractivity contribution in [2.75, 3.05) is 0 Å². The second-order valence-corrected chi connectivity index (χ2v) is 4.07. The number of aryl methyl sites for hydroxylation is 1. The highest BCUT2D eigenvalue weighted by Crippen LogP contribution is 2.22. The van der Waals surface area contributed by atoms with Crippen molar-refractivity contribution in [3.8, 4) is 0 Å². The van der Waals surface area contributed by atoms with Crippen LogP contribution in [0.5, 0.6) is 0 Å². The van der Waals surface area contributed by atoms with Gasteiger partial charge in [0.25, 0.3) is 0 Å². The van der Waals surface area contributed by atoms with Crippen LogP contribution in [0, 0.1) is 0 Å². The van der Waals surface area contributed by atoms with Crippen LogP contribution >= 0.6 is 11.6 Å². The highest BCUT2D eigenvalue weighted by molar-refractivity contribution is 6.17. The van der Waals surface area contributed by atoms with Gasteiger partial charge >= 0.3 is 11.9 Å². The number of hydrogen-bond acceptors (Lipinski definition) is 3. The van der Waals surface area contributed by atoms with Gasteiger partial charge in [-0.1, -0.05) is 18.2 Å². The third-order valence-electron chi connectivity index (χ3n) is 2.51. The Kier molecular flexibility index (Phi) is 5.12. The van der Waals surface area contributed by atoms with Gasteiger partial charge in [0.2, 0.25) is 0 Å². The first-order valence-corrected chi connectivity index (χ1v) is 5.79. The fourth-order valence-electron chi connectivity index (χ4n) is 1.58. The van der Waals surface area contributed by atoms with Crippen LogP contribution in [-0.4, -0.2) is 27.3 Å². The lowest BCUT2D eigenvalue weighted by molar-refractivity contribution is -0.147. The molecule has 1 aromatic rings. The number of carboxylic acids is 2. The average Bonchev–Trinajstić information content (AvgIpc) is 2.34. The van der Waals surface area contributed by atoms with Crippen molar-refractivity contribution in [1.29, 1.82) is 0 Å². The second kappa shape index (κ2) is 6.37. The predicted molar refractivity (Wildman–Crippen MR) is 64.6 cm³/mol. The third-order valence-corrected chi connectivity index (χ3v) is 2.80. The highest BCUT2D eigenvalue weighted by Gasteiger charge is 2.19. The monoisotopic (exact) mass is 272 g/mol. The summed E-state index contributed by atoms with van der Waals surface area (Å²) < 4.78 is 0. The first-order chi connectivity index (χ1) is 8.45. The van der Waals surface area contributed by atoms with Gasteiger partial charge in [0.15, 0.2) is 6.10 Å². The van der Waals surface area contributed by atoms with E-state index < -0.39 is 18.0 Å². The first-order valence-electron chi connectivity index (χ1n) is 5.26. The molecule has 0 amide bonds. The molecule has 5 nitrogen and oxygen atoms in total. The minimum Gasteiger partial charge on any atom is -0.481 e. The van der Waals surface area contributed by atoms with Crippen LogP contribution in [0.25, 0.3) is 0 Å². The Balaban J connectivity index is 2.96. The van der Waals surface area contributed by atoms with Crippen molar-refractivity contribution < 1.29 is 24.9 Å². The quantitative estimate of drug-likeness (QED) is 0.683. The maximum atomic E-state index is 10.7. The van der Waals surface area contributed by atoms with E-state index in [-0.39, 0.29) is 17.9 Å². The predicted octanol–water partition coefficient (Wildman–Crippen LogP) is 1.56. The highest BCUT2D eigenvalue weighted by atomic mass is 35.5. The van der Waals surface area contributed by atoms with Gasteiger partial charge in [-0.25, -0.2) is 4.79 Å². The molecule has 0 aromatic heterocycles. The van der Waals surface area contributed by atoms with E-state index >= 15 is 0 Å². The molecule has 0 fully saturated rings. The molecule has 3 N–H and O–H groups in total. The normalized spacial score (nSPS) is 12.1. The van der Waals surface area contributed by atoms with Crippen molar-refractivity contribution in [2.24, 2.45) is 0 Å². The van der Waals surface area contributed by atoms with Gasteiger partial charge < -0.3 is 15.3 Å². The summed E-state index contributed by atoms with van der Waals surface area (Å²) in [4.78, 5) is 21.1. The van der Waals surface area contributed by atoms with Gasteiger partial charge in [0.05, 0.1) is 0 Å². The van der Waals surface area contributed by atoms with Gasteiger partial charge in [-0.05, 0) is 23.1 Å². The Bertz CT molecular complexity index is 458. The van der Waals surface area contributed by atoms with E-state index in [1.165, 1.54) is 6.07 Å². The molecule has 1 unspecified atom stereocenters. The van der Waals surface area contributed by atoms with Gasteiger partial charge in [-0.15, -0.1) is 11.6 Å². The lowest BCUT2D eigenvalue weighted by Gasteiger charge is -2.12. The van der Waals surface area contributed by atoms with E-state index in [0.717, 1.165) is 5.56 Å². The summed E-state index contributed by atoms with van der Waals surface area (Å²) in [6, 6.07) is 4.69. The number of rotatable bonds is 6. The molecule has 1 aromatic carbocycles. The number of aliphatic hydroxyl groups excluding tert-OH is 1. The molecule has 0 spiro atoms.